The molecule has 1 spiro atoms. The molecule has 3 heterocycles. The lowest BCUT2D eigenvalue weighted by molar-refractivity contribution is 0.0137. The van der Waals surface area contributed by atoms with Gasteiger partial charge in [0, 0.05) is 43.8 Å². The summed E-state index contributed by atoms with van der Waals surface area (Å²) in [4.78, 5) is 7.26. The molecule has 0 N–H and O–H groups in total. The number of hydrogen-bond acceptors (Lipinski definition) is 5. The normalized spacial score (nSPS) is 26.3. The molecule has 3 fully saturated rings. The van der Waals surface area contributed by atoms with Gasteiger partial charge in [0.05, 0.1) is 23.6 Å². The molecule has 5 rings (SSSR count). The number of nitrogens with zero attached hydrogens (tertiary/aromatic N) is 3. The van der Waals surface area contributed by atoms with Crippen LogP contribution in [0, 0.1) is 5.41 Å². The minimum absolute atomic E-state index is 0.319. The number of ether oxygens (including phenoxy) is 1. The number of pyridine rings is 1. The van der Waals surface area contributed by atoms with Gasteiger partial charge in [-0.3, -0.25) is 9.88 Å². The SMILES string of the molecule is O=S(=O)(c1ccc2cccnc2c1)N1CCC2(CCC(N3CCOCC3)C2)CC1. The van der Waals surface area contributed by atoms with Gasteiger partial charge >= 0.3 is 0 Å². The van der Waals surface area contributed by atoms with Crippen molar-refractivity contribution in [1.82, 2.24) is 14.2 Å². The predicted molar refractivity (Wildman–Crippen MR) is 112 cm³/mol. The number of piperidine rings is 1. The summed E-state index contributed by atoms with van der Waals surface area (Å²) in [5.74, 6) is 0. The molecule has 1 saturated carbocycles. The second-order valence-corrected chi connectivity index (χ2v) is 10.7. The van der Waals surface area contributed by atoms with E-state index in [9.17, 15) is 8.42 Å². The summed E-state index contributed by atoms with van der Waals surface area (Å²) in [5, 5.41) is 0.962. The van der Waals surface area contributed by atoms with Crippen LogP contribution in [0.2, 0.25) is 0 Å². The van der Waals surface area contributed by atoms with Crippen LogP contribution in [0.3, 0.4) is 0 Å². The number of hydrogen-bond donors (Lipinski definition) is 0. The Balaban J connectivity index is 1.27. The average Bonchev–Trinajstić information content (AvgIpc) is 3.18. The molecule has 1 aliphatic carbocycles. The van der Waals surface area contributed by atoms with E-state index in [0.29, 0.717) is 29.4 Å². The van der Waals surface area contributed by atoms with Crippen molar-refractivity contribution in [2.24, 2.45) is 5.41 Å². The van der Waals surface area contributed by atoms with E-state index in [1.165, 1.54) is 19.3 Å². The van der Waals surface area contributed by atoms with Crippen LogP contribution in [0.5, 0.6) is 0 Å². The molecular formula is C22H29N3O3S. The fourth-order valence-corrected chi connectivity index (χ4v) is 6.90. The summed E-state index contributed by atoms with van der Waals surface area (Å²) in [6, 6.07) is 9.74. The van der Waals surface area contributed by atoms with E-state index in [1.807, 2.05) is 18.2 Å². The van der Waals surface area contributed by atoms with Gasteiger partial charge in [0.1, 0.15) is 0 Å². The summed E-state index contributed by atoms with van der Waals surface area (Å²) in [6.07, 6.45) is 7.32. The summed E-state index contributed by atoms with van der Waals surface area (Å²) in [6.45, 7) is 5.01. The lowest BCUT2D eigenvalue weighted by atomic mass is 9.77. The highest BCUT2D eigenvalue weighted by molar-refractivity contribution is 7.89. The van der Waals surface area contributed by atoms with Crippen LogP contribution in [0.25, 0.3) is 10.9 Å². The molecule has 0 bridgehead atoms. The standard InChI is InChI=1S/C22H29N3O3S/c26-29(27,20-4-3-18-2-1-9-23-21(18)16-20)25-10-7-22(8-11-25)6-5-19(17-22)24-12-14-28-15-13-24/h1-4,9,16,19H,5-8,10-15,17H2. The van der Waals surface area contributed by atoms with Gasteiger partial charge in [-0.05, 0) is 55.7 Å². The summed E-state index contributed by atoms with van der Waals surface area (Å²) < 4.78 is 33.6. The maximum Gasteiger partial charge on any atom is 0.243 e. The van der Waals surface area contributed by atoms with E-state index >= 15 is 0 Å². The van der Waals surface area contributed by atoms with Crippen molar-refractivity contribution in [3.63, 3.8) is 0 Å². The number of rotatable bonds is 3. The Bertz CT molecular complexity index is 980. The smallest absolute Gasteiger partial charge is 0.243 e. The van der Waals surface area contributed by atoms with Crippen LogP contribution in [-0.2, 0) is 14.8 Å². The summed E-state index contributed by atoms with van der Waals surface area (Å²) in [5.41, 5.74) is 1.05. The number of aromatic nitrogens is 1. The molecule has 1 atom stereocenters. The molecule has 3 aliphatic rings. The zero-order chi connectivity index (χ0) is 19.9. The molecule has 1 unspecified atom stereocenters. The Kier molecular flexibility index (Phi) is 5.10. The van der Waals surface area contributed by atoms with Gasteiger partial charge in [0.15, 0.2) is 0 Å². The molecular weight excluding hydrogens is 386 g/mol. The first kappa shape index (κ1) is 19.4. The first-order valence-electron chi connectivity index (χ1n) is 10.7. The lowest BCUT2D eigenvalue weighted by Crippen LogP contribution is -2.45. The molecule has 0 radical (unpaired) electrons. The maximum absolute atomic E-state index is 13.2. The van der Waals surface area contributed by atoms with Crippen molar-refractivity contribution >= 4 is 20.9 Å². The fraction of sp³-hybridized carbons (Fsp3) is 0.591. The first-order chi connectivity index (χ1) is 14.1. The third-order valence-electron chi connectivity index (χ3n) is 7.24. The number of morpholine rings is 1. The van der Waals surface area contributed by atoms with Gasteiger partial charge in [-0.15, -0.1) is 0 Å². The van der Waals surface area contributed by atoms with Crippen LogP contribution in [-0.4, -0.2) is 68.0 Å². The van der Waals surface area contributed by atoms with Crippen LogP contribution in [0.1, 0.15) is 32.1 Å². The van der Waals surface area contributed by atoms with E-state index in [4.69, 9.17) is 4.74 Å². The van der Waals surface area contributed by atoms with E-state index in [2.05, 4.69) is 9.88 Å². The third-order valence-corrected chi connectivity index (χ3v) is 9.13. The van der Waals surface area contributed by atoms with E-state index in [1.54, 1.807) is 22.6 Å². The molecule has 1 aromatic carbocycles. The third kappa shape index (κ3) is 3.69. The predicted octanol–water partition coefficient (Wildman–Crippen LogP) is 2.89. The van der Waals surface area contributed by atoms with Crippen LogP contribution < -0.4 is 0 Å². The molecule has 29 heavy (non-hydrogen) atoms. The lowest BCUT2D eigenvalue weighted by Gasteiger charge is -2.40. The second kappa shape index (κ2) is 7.61. The Hall–Kier alpha value is -1.54. The molecule has 2 aromatic rings. The molecule has 6 nitrogen and oxygen atoms in total. The average molecular weight is 416 g/mol. The zero-order valence-electron chi connectivity index (χ0n) is 16.8. The topological polar surface area (TPSA) is 62.7 Å². The van der Waals surface area contributed by atoms with Gasteiger partial charge in [-0.1, -0.05) is 12.1 Å². The van der Waals surface area contributed by atoms with Crippen molar-refractivity contribution in [2.45, 2.75) is 43.0 Å². The number of sulfonamides is 1. The van der Waals surface area contributed by atoms with Crippen molar-refractivity contribution in [3.8, 4) is 0 Å². The molecule has 156 valence electrons. The van der Waals surface area contributed by atoms with Crippen molar-refractivity contribution < 1.29 is 13.2 Å². The number of fused-ring (bicyclic) bond motifs is 1. The minimum Gasteiger partial charge on any atom is -0.379 e. The molecule has 7 heteroatoms. The highest BCUT2D eigenvalue weighted by Gasteiger charge is 2.44. The largest absolute Gasteiger partial charge is 0.379 e. The van der Waals surface area contributed by atoms with Gasteiger partial charge < -0.3 is 4.74 Å². The van der Waals surface area contributed by atoms with Crippen molar-refractivity contribution in [2.75, 3.05) is 39.4 Å². The van der Waals surface area contributed by atoms with Crippen LogP contribution in [0.15, 0.2) is 41.4 Å². The highest BCUT2D eigenvalue weighted by Crippen LogP contribution is 2.48. The van der Waals surface area contributed by atoms with Gasteiger partial charge in [-0.2, -0.15) is 4.31 Å². The Morgan fingerprint density at radius 1 is 1.03 bits per heavy atom. The van der Waals surface area contributed by atoms with E-state index < -0.39 is 10.0 Å². The van der Waals surface area contributed by atoms with Gasteiger partial charge in [-0.25, -0.2) is 8.42 Å². The molecule has 1 aromatic heterocycles. The minimum atomic E-state index is -3.47. The van der Waals surface area contributed by atoms with Crippen molar-refractivity contribution in [3.05, 3.63) is 36.5 Å². The monoisotopic (exact) mass is 415 g/mol. The Labute approximate surface area is 172 Å². The Morgan fingerprint density at radius 3 is 2.62 bits per heavy atom. The van der Waals surface area contributed by atoms with Crippen LogP contribution in [0.4, 0.5) is 0 Å². The van der Waals surface area contributed by atoms with Gasteiger partial charge in [0.25, 0.3) is 0 Å². The summed E-state index contributed by atoms with van der Waals surface area (Å²) in [7, 11) is -3.47. The fourth-order valence-electron chi connectivity index (χ4n) is 5.44. The first-order valence-corrected chi connectivity index (χ1v) is 12.2. The number of benzene rings is 1. The molecule has 0 amide bonds. The molecule has 2 saturated heterocycles. The van der Waals surface area contributed by atoms with Crippen molar-refractivity contribution in [1.29, 1.82) is 0 Å². The summed E-state index contributed by atoms with van der Waals surface area (Å²) >= 11 is 0. The van der Waals surface area contributed by atoms with Gasteiger partial charge in [0.2, 0.25) is 10.0 Å². The second-order valence-electron chi connectivity index (χ2n) is 8.81. The Morgan fingerprint density at radius 2 is 1.83 bits per heavy atom. The van der Waals surface area contributed by atoms with E-state index in [0.717, 1.165) is 50.0 Å². The highest BCUT2D eigenvalue weighted by atomic mass is 32.2. The molecule has 2 aliphatic heterocycles. The van der Waals surface area contributed by atoms with E-state index in [-0.39, 0.29) is 0 Å². The quantitative estimate of drug-likeness (QED) is 0.771. The maximum atomic E-state index is 13.2. The zero-order valence-corrected chi connectivity index (χ0v) is 17.6. The van der Waals surface area contributed by atoms with Crippen LogP contribution >= 0.6 is 0 Å².